The highest BCUT2D eigenvalue weighted by Gasteiger charge is 2.31. The maximum absolute atomic E-state index is 11.6. The number of amides is 1. The number of nitrogens with zero attached hydrogens (tertiary/aromatic N) is 1. The van der Waals surface area contributed by atoms with Gasteiger partial charge in [-0.2, -0.15) is 0 Å². The standard InChI is InChI=1S/C10H18N2O/c1-5-9-11-8(6-7(2)3)10(13)12(9)4/h5,7-8,11H,6H2,1-4H3/b9-5+/t8-/m1/s1. The minimum absolute atomic E-state index is 0.0174. The molecule has 1 heterocycles. The second kappa shape index (κ2) is 3.81. The molecule has 1 rings (SSSR count). The van der Waals surface area contributed by atoms with Crippen molar-refractivity contribution in [3.8, 4) is 0 Å². The molecule has 74 valence electrons. The van der Waals surface area contributed by atoms with Crippen LogP contribution in [-0.4, -0.2) is 23.9 Å². The molecular weight excluding hydrogens is 164 g/mol. The molecule has 1 atom stereocenters. The van der Waals surface area contributed by atoms with Gasteiger partial charge in [0.05, 0.1) is 0 Å². The zero-order valence-corrected chi connectivity index (χ0v) is 8.79. The SMILES string of the molecule is C/C=C1\N[C@H](CC(C)C)C(=O)N1C. The first-order valence-corrected chi connectivity index (χ1v) is 4.76. The fourth-order valence-electron chi connectivity index (χ4n) is 1.60. The summed E-state index contributed by atoms with van der Waals surface area (Å²) in [5.74, 6) is 1.66. The van der Waals surface area contributed by atoms with Gasteiger partial charge in [0.15, 0.2) is 0 Å². The minimum Gasteiger partial charge on any atom is -0.360 e. The highest BCUT2D eigenvalue weighted by Crippen LogP contribution is 2.16. The summed E-state index contributed by atoms with van der Waals surface area (Å²) in [6.45, 7) is 6.19. The smallest absolute Gasteiger partial charge is 0.250 e. The maximum Gasteiger partial charge on any atom is 0.250 e. The van der Waals surface area contributed by atoms with E-state index in [0.29, 0.717) is 5.92 Å². The Morgan fingerprint density at radius 3 is 2.62 bits per heavy atom. The summed E-state index contributed by atoms with van der Waals surface area (Å²) in [6.07, 6.45) is 2.83. The molecule has 13 heavy (non-hydrogen) atoms. The van der Waals surface area contributed by atoms with E-state index in [1.165, 1.54) is 0 Å². The molecule has 1 aliphatic rings. The number of hydrogen-bond acceptors (Lipinski definition) is 2. The lowest BCUT2D eigenvalue weighted by molar-refractivity contribution is -0.127. The molecule has 0 aliphatic carbocycles. The van der Waals surface area contributed by atoms with Crippen LogP contribution in [0.1, 0.15) is 27.2 Å². The van der Waals surface area contributed by atoms with E-state index in [4.69, 9.17) is 0 Å². The molecule has 0 unspecified atom stereocenters. The molecule has 1 saturated heterocycles. The molecule has 3 heteroatoms. The number of carbonyl (C=O) groups is 1. The number of likely N-dealkylation sites (N-methyl/N-ethyl adjacent to an activating group) is 1. The third-order valence-corrected chi connectivity index (χ3v) is 2.29. The zero-order valence-electron chi connectivity index (χ0n) is 8.79. The van der Waals surface area contributed by atoms with Gasteiger partial charge in [-0.1, -0.05) is 13.8 Å². The molecule has 0 radical (unpaired) electrons. The van der Waals surface area contributed by atoms with Crippen LogP contribution in [0.3, 0.4) is 0 Å². The molecule has 1 fully saturated rings. The van der Waals surface area contributed by atoms with E-state index in [9.17, 15) is 4.79 Å². The van der Waals surface area contributed by atoms with Crippen molar-refractivity contribution < 1.29 is 4.79 Å². The summed E-state index contributed by atoms with van der Waals surface area (Å²) in [6, 6.07) is -0.0174. The lowest BCUT2D eigenvalue weighted by Crippen LogP contribution is -2.30. The van der Waals surface area contributed by atoms with Crippen molar-refractivity contribution in [1.29, 1.82) is 0 Å². The number of nitrogens with one attached hydrogen (secondary N) is 1. The summed E-state index contributed by atoms with van der Waals surface area (Å²) < 4.78 is 0. The van der Waals surface area contributed by atoms with Gasteiger partial charge < -0.3 is 10.2 Å². The number of rotatable bonds is 2. The Bertz CT molecular complexity index is 233. The molecule has 1 amide bonds. The van der Waals surface area contributed by atoms with Crippen LogP contribution >= 0.6 is 0 Å². The van der Waals surface area contributed by atoms with Crippen LogP contribution in [0.4, 0.5) is 0 Å². The highest BCUT2D eigenvalue weighted by atomic mass is 16.2. The summed E-state index contributed by atoms with van der Waals surface area (Å²) in [5.41, 5.74) is 0. The Hall–Kier alpha value is -0.990. The second-order valence-corrected chi connectivity index (χ2v) is 3.90. The molecule has 0 aromatic carbocycles. The van der Waals surface area contributed by atoms with E-state index >= 15 is 0 Å². The Morgan fingerprint density at radius 2 is 2.23 bits per heavy atom. The molecule has 0 aromatic rings. The number of carbonyl (C=O) groups excluding carboxylic acids is 1. The Labute approximate surface area is 79.8 Å². The average molecular weight is 182 g/mol. The van der Waals surface area contributed by atoms with Crippen LogP contribution < -0.4 is 5.32 Å². The van der Waals surface area contributed by atoms with Crippen molar-refractivity contribution in [3.63, 3.8) is 0 Å². The van der Waals surface area contributed by atoms with Crippen LogP contribution in [0.5, 0.6) is 0 Å². The third-order valence-electron chi connectivity index (χ3n) is 2.29. The van der Waals surface area contributed by atoms with E-state index in [-0.39, 0.29) is 11.9 Å². The fourth-order valence-corrected chi connectivity index (χ4v) is 1.60. The van der Waals surface area contributed by atoms with E-state index in [1.807, 2.05) is 20.0 Å². The number of hydrogen-bond donors (Lipinski definition) is 1. The molecule has 0 spiro atoms. The van der Waals surface area contributed by atoms with E-state index in [1.54, 1.807) is 4.90 Å². The monoisotopic (exact) mass is 182 g/mol. The van der Waals surface area contributed by atoms with Crippen molar-refractivity contribution in [2.75, 3.05) is 7.05 Å². The van der Waals surface area contributed by atoms with Crippen molar-refractivity contribution >= 4 is 5.91 Å². The average Bonchev–Trinajstić information content (AvgIpc) is 2.32. The van der Waals surface area contributed by atoms with Crippen molar-refractivity contribution in [1.82, 2.24) is 10.2 Å². The Balaban J connectivity index is 2.66. The van der Waals surface area contributed by atoms with Crippen molar-refractivity contribution in [3.05, 3.63) is 11.9 Å². The van der Waals surface area contributed by atoms with Gasteiger partial charge in [0, 0.05) is 7.05 Å². The zero-order chi connectivity index (χ0) is 10.0. The lowest BCUT2D eigenvalue weighted by Gasteiger charge is -2.10. The first-order valence-electron chi connectivity index (χ1n) is 4.76. The molecule has 1 aliphatic heterocycles. The number of allylic oxidation sites excluding steroid dienone is 1. The van der Waals surface area contributed by atoms with Crippen molar-refractivity contribution in [2.24, 2.45) is 5.92 Å². The molecule has 0 saturated carbocycles. The molecule has 3 nitrogen and oxygen atoms in total. The Kier molecular flexibility index (Phi) is 2.96. The van der Waals surface area contributed by atoms with E-state index in [2.05, 4.69) is 19.2 Å². The third kappa shape index (κ3) is 2.02. The van der Waals surface area contributed by atoms with Crippen LogP contribution in [0, 0.1) is 5.92 Å². The molecule has 0 aromatic heterocycles. The van der Waals surface area contributed by atoms with Gasteiger partial charge in [-0.25, -0.2) is 0 Å². The topological polar surface area (TPSA) is 32.3 Å². The van der Waals surface area contributed by atoms with E-state index in [0.717, 1.165) is 12.2 Å². The predicted molar refractivity (Wildman–Crippen MR) is 52.9 cm³/mol. The largest absolute Gasteiger partial charge is 0.360 e. The first kappa shape index (κ1) is 10.1. The first-order chi connectivity index (χ1) is 6.06. The van der Waals surface area contributed by atoms with Crippen LogP contribution in [0.2, 0.25) is 0 Å². The van der Waals surface area contributed by atoms with Gasteiger partial charge in [-0.3, -0.25) is 4.79 Å². The second-order valence-electron chi connectivity index (χ2n) is 3.90. The Morgan fingerprint density at radius 1 is 1.62 bits per heavy atom. The maximum atomic E-state index is 11.6. The normalized spacial score (nSPS) is 25.9. The van der Waals surface area contributed by atoms with Crippen molar-refractivity contribution in [2.45, 2.75) is 33.2 Å². The van der Waals surface area contributed by atoms with Crippen LogP contribution in [0.25, 0.3) is 0 Å². The lowest BCUT2D eigenvalue weighted by atomic mass is 10.0. The fraction of sp³-hybridized carbons (Fsp3) is 0.700. The summed E-state index contributed by atoms with van der Waals surface area (Å²) in [4.78, 5) is 13.3. The van der Waals surface area contributed by atoms with Gasteiger partial charge in [-0.05, 0) is 25.3 Å². The van der Waals surface area contributed by atoms with Crippen LogP contribution in [0.15, 0.2) is 11.9 Å². The van der Waals surface area contributed by atoms with Crippen LogP contribution in [-0.2, 0) is 4.79 Å². The summed E-state index contributed by atoms with van der Waals surface area (Å²) in [7, 11) is 1.81. The molecule has 0 bridgehead atoms. The van der Waals surface area contributed by atoms with Gasteiger partial charge in [0.1, 0.15) is 11.9 Å². The van der Waals surface area contributed by atoms with E-state index < -0.39 is 0 Å². The van der Waals surface area contributed by atoms with Gasteiger partial charge in [-0.15, -0.1) is 0 Å². The summed E-state index contributed by atoms with van der Waals surface area (Å²) in [5, 5.41) is 3.21. The van der Waals surface area contributed by atoms with Gasteiger partial charge >= 0.3 is 0 Å². The molecular formula is C10H18N2O. The molecule has 1 N–H and O–H groups in total. The quantitative estimate of drug-likeness (QED) is 0.698. The summed E-state index contributed by atoms with van der Waals surface area (Å²) >= 11 is 0. The highest BCUT2D eigenvalue weighted by molar-refractivity contribution is 5.86. The van der Waals surface area contributed by atoms with Gasteiger partial charge in [0.25, 0.3) is 0 Å². The van der Waals surface area contributed by atoms with Gasteiger partial charge in [0.2, 0.25) is 5.91 Å². The minimum atomic E-state index is -0.0174. The predicted octanol–water partition coefficient (Wildman–Crippen LogP) is 1.32.